The Labute approximate surface area is 118 Å². The number of sulfone groups is 1. The lowest BCUT2D eigenvalue weighted by atomic mass is 9.87. The first-order chi connectivity index (χ1) is 8.86. The van der Waals surface area contributed by atoms with E-state index in [9.17, 15) is 12.6 Å². The zero-order valence-corrected chi connectivity index (χ0v) is 12.9. The number of rotatable bonds is 4. The van der Waals surface area contributed by atoms with Crippen LogP contribution in [0.5, 0.6) is 0 Å². The van der Waals surface area contributed by atoms with E-state index in [1.165, 1.54) is 0 Å². The highest BCUT2D eigenvalue weighted by Gasteiger charge is 2.27. The summed E-state index contributed by atoms with van der Waals surface area (Å²) >= 11 is -0.674. The standard InChI is InChI=1S/C10H16N2O4S3/c1-19(15,16)10-12-11-9(17-10)6-7-3-2-4-8(5-7)18(13)14/h7-8H,2-6H2,1H3,(H,13,14). The highest BCUT2D eigenvalue weighted by molar-refractivity contribution is 7.92. The molecule has 0 amide bonds. The van der Waals surface area contributed by atoms with Crippen molar-refractivity contribution in [1.82, 2.24) is 10.2 Å². The van der Waals surface area contributed by atoms with Gasteiger partial charge >= 0.3 is 0 Å². The van der Waals surface area contributed by atoms with Gasteiger partial charge in [-0.15, -0.1) is 10.2 Å². The van der Waals surface area contributed by atoms with E-state index >= 15 is 0 Å². The Hall–Kier alpha value is -0.380. The molecule has 3 atom stereocenters. The van der Waals surface area contributed by atoms with E-state index in [-0.39, 0.29) is 15.5 Å². The zero-order valence-electron chi connectivity index (χ0n) is 10.5. The molecule has 0 saturated heterocycles. The molecular weight excluding hydrogens is 308 g/mol. The average Bonchev–Trinajstić information content (AvgIpc) is 2.77. The van der Waals surface area contributed by atoms with Crippen molar-refractivity contribution in [3.8, 4) is 0 Å². The van der Waals surface area contributed by atoms with Gasteiger partial charge in [0.25, 0.3) is 0 Å². The molecule has 0 radical (unpaired) electrons. The first kappa shape index (κ1) is 15.0. The van der Waals surface area contributed by atoms with Crippen LogP contribution in [0.4, 0.5) is 0 Å². The van der Waals surface area contributed by atoms with Crippen molar-refractivity contribution in [2.75, 3.05) is 6.26 Å². The number of aromatic nitrogens is 2. The molecule has 108 valence electrons. The number of nitrogens with zero attached hydrogens (tertiary/aromatic N) is 2. The Bertz CT molecular complexity index is 569. The van der Waals surface area contributed by atoms with Crippen LogP contribution in [0.15, 0.2) is 4.34 Å². The Morgan fingerprint density at radius 1 is 1.42 bits per heavy atom. The molecule has 1 aromatic heterocycles. The van der Waals surface area contributed by atoms with E-state index < -0.39 is 20.9 Å². The Morgan fingerprint density at radius 3 is 2.74 bits per heavy atom. The predicted molar refractivity (Wildman–Crippen MR) is 73.2 cm³/mol. The maximum absolute atomic E-state index is 11.3. The third kappa shape index (κ3) is 4.04. The maximum atomic E-state index is 11.3. The van der Waals surface area contributed by atoms with Crippen molar-refractivity contribution in [2.24, 2.45) is 5.92 Å². The van der Waals surface area contributed by atoms with E-state index in [1.54, 1.807) is 0 Å². The van der Waals surface area contributed by atoms with Gasteiger partial charge in [-0.1, -0.05) is 17.8 Å². The Balaban J connectivity index is 2.01. The van der Waals surface area contributed by atoms with E-state index in [2.05, 4.69) is 10.2 Å². The average molecular weight is 324 g/mol. The summed E-state index contributed by atoms with van der Waals surface area (Å²) < 4.78 is 42.9. The van der Waals surface area contributed by atoms with Gasteiger partial charge in [-0.25, -0.2) is 12.6 Å². The monoisotopic (exact) mass is 324 g/mol. The highest BCUT2D eigenvalue weighted by atomic mass is 32.2. The molecule has 1 N–H and O–H groups in total. The summed E-state index contributed by atoms with van der Waals surface area (Å²) in [5.41, 5.74) is 0. The minimum atomic E-state index is -3.29. The molecule has 9 heteroatoms. The quantitative estimate of drug-likeness (QED) is 0.838. The molecule has 0 bridgehead atoms. The molecule has 0 spiro atoms. The normalized spacial score (nSPS) is 26.2. The predicted octanol–water partition coefficient (Wildman–Crippen LogP) is 1.26. The van der Waals surface area contributed by atoms with Crippen LogP contribution in [0.2, 0.25) is 0 Å². The van der Waals surface area contributed by atoms with Crippen LogP contribution in [-0.2, 0) is 27.3 Å². The lowest BCUT2D eigenvalue weighted by Crippen LogP contribution is -2.25. The molecule has 1 aromatic rings. The van der Waals surface area contributed by atoms with Gasteiger partial charge in [0.05, 0.1) is 5.25 Å². The van der Waals surface area contributed by atoms with E-state index in [0.717, 1.165) is 36.9 Å². The second-order valence-corrected chi connectivity index (χ2v) is 9.34. The van der Waals surface area contributed by atoms with Crippen LogP contribution in [0.25, 0.3) is 0 Å². The van der Waals surface area contributed by atoms with Crippen LogP contribution in [-0.4, -0.2) is 38.9 Å². The third-order valence-corrected chi connectivity index (χ3v) is 6.86. The van der Waals surface area contributed by atoms with Crippen molar-refractivity contribution in [1.29, 1.82) is 0 Å². The van der Waals surface area contributed by atoms with Gasteiger partial charge in [-0.2, -0.15) is 0 Å². The number of hydrogen-bond acceptors (Lipinski definition) is 6. The SMILES string of the molecule is CS(=O)(=O)c1nnc(CC2CCCC(S(=O)O)C2)s1. The lowest BCUT2D eigenvalue weighted by molar-refractivity contribution is 0.351. The summed E-state index contributed by atoms with van der Waals surface area (Å²) in [5.74, 6) is 0.287. The molecule has 0 aromatic carbocycles. The second kappa shape index (κ2) is 5.94. The van der Waals surface area contributed by atoms with Crippen molar-refractivity contribution >= 4 is 32.3 Å². The molecular formula is C10H16N2O4S3. The third-order valence-electron chi connectivity index (χ3n) is 3.25. The van der Waals surface area contributed by atoms with Crippen molar-refractivity contribution in [2.45, 2.75) is 41.7 Å². The molecule has 3 unspecified atom stereocenters. The minimum Gasteiger partial charge on any atom is -0.306 e. The summed E-state index contributed by atoms with van der Waals surface area (Å²) in [5, 5.41) is 8.10. The van der Waals surface area contributed by atoms with Crippen molar-refractivity contribution in [3.63, 3.8) is 0 Å². The number of hydrogen-bond donors (Lipinski definition) is 1. The molecule has 0 aliphatic heterocycles. The van der Waals surface area contributed by atoms with Gasteiger partial charge < -0.3 is 4.55 Å². The lowest BCUT2D eigenvalue weighted by Gasteiger charge is -2.26. The van der Waals surface area contributed by atoms with Gasteiger partial charge in [0.2, 0.25) is 14.2 Å². The summed E-state index contributed by atoms with van der Waals surface area (Å²) in [4.78, 5) is 0. The smallest absolute Gasteiger partial charge is 0.232 e. The maximum Gasteiger partial charge on any atom is 0.232 e. The highest BCUT2D eigenvalue weighted by Crippen LogP contribution is 2.30. The van der Waals surface area contributed by atoms with Gasteiger partial charge in [0.1, 0.15) is 5.01 Å². The van der Waals surface area contributed by atoms with Crippen LogP contribution in [0.1, 0.15) is 30.7 Å². The first-order valence-corrected chi connectivity index (χ1v) is 9.86. The molecule has 1 aliphatic carbocycles. The van der Waals surface area contributed by atoms with Crippen molar-refractivity contribution < 1.29 is 17.2 Å². The summed E-state index contributed by atoms with van der Waals surface area (Å²) in [7, 11) is -3.29. The fourth-order valence-electron chi connectivity index (χ4n) is 2.33. The van der Waals surface area contributed by atoms with Gasteiger partial charge in [0.15, 0.2) is 11.1 Å². The summed E-state index contributed by atoms with van der Waals surface area (Å²) in [6, 6.07) is 0. The van der Waals surface area contributed by atoms with Crippen LogP contribution < -0.4 is 0 Å². The molecule has 19 heavy (non-hydrogen) atoms. The molecule has 1 fully saturated rings. The Morgan fingerprint density at radius 2 is 2.16 bits per heavy atom. The van der Waals surface area contributed by atoms with Crippen LogP contribution in [0, 0.1) is 5.92 Å². The Kier molecular flexibility index (Phi) is 4.70. The van der Waals surface area contributed by atoms with Gasteiger partial charge in [-0.3, -0.25) is 0 Å². The van der Waals surface area contributed by atoms with Crippen molar-refractivity contribution in [3.05, 3.63) is 5.01 Å². The largest absolute Gasteiger partial charge is 0.306 e. The van der Waals surface area contributed by atoms with E-state index in [0.29, 0.717) is 17.8 Å². The fraction of sp³-hybridized carbons (Fsp3) is 0.800. The summed E-state index contributed by atoms with van der Waals surface area (Å²) in [6.07, 6.45) is 5.14. The molecule has 1 heterocycles. The molecule has 1 saturated carbocycles. The van der Waals surface area contributed by atoms with E-state index in [4.69, 9.17) is 4.55 Å². The minimum absolute atomic E-state index is 0.0422. The topological polar surface area (TPSA) is 97.2 Å². The summed E-state index contributed by atoms with van der Waals surface area (Å²) in [6.45, 7) is 0. The molecule has 1 aliphatic rings. The first-order valence-electron chi connectivity index (χ1n) is 5.98. The molecule has 6 nitrogen and oxygen atoms in total. The molecule has 2 rings (SSSR count). The van der Waals surface area contributed by atoms with E-state index in [1.807, 2.05) is 0 Å². The second-order valence-electron chi connectivity index (χ2n) is 4.87. The van der Waals surface area contributed by atoms with Crippen LogP contribution >= 0.6 is 11.3 Å². The van der Waals surface area contributed by atoms with Gasteiger partial charge in [0, 0.05) is 12.7 Å². The van der Waals surface area contributed by atoms with Gasteiger partial charge in [-0.05, 0) is 25.2 Å². The van der Waals surface area contributed by atoms with Crippen LogP contribution in [0.3, 0.4) is 0 Å². The fourth-order valence-corrected chi connectivity index (χ4v) is 4.90. The zero-order chi connectivity index (χ0) is 14.0.